The molecule has 5 heteroatoms. The van der Waals surface area contributed by atoms with Crippen molar-refractivity contribution in [2.24, 2.45) is 5.73 Å². The predicted octanol–water partition coefficient (Wildman–Crippen LogP) is 0.491. The molecule has 3 N–H and O–H groups in total. The smallest absolute Gasteiger partial charge is 0.248 e. The Bertz CT molecular complexity index is 418. The molecule has 0 aromatic heterocycles. The SMILES string of the molecule is COCCNC(=O)C[CH]c1ccccc1C(N)=O. The summed E-state index contributed by atoms with van der Waals surface area (Å²) >= 11 is 0. The Morgan fingerprint density at radius 3 is 2.78 bits per heavy atom. The molecular formula is C13H17N2O3. The van der Waals surface area contributed by atoms with Crippen LogP contribution in [0.1, 0.15) is 22.3 Å². The van der Waals surface area contributed by atoms with Gasteiger partial charge in [0.2, 0.25) is 11.8 Å². The molecule has 97 valence electrons. The van der Waals surface area contributed by atoms with E-state index in [-0.39, 0.29) is 12.3 Å². The Labute approximate surface area is 106 Å². The molecule has 0 aliphatic carbocycles. The summed E-state index contributed by atoms with van der Waals surface area (Å²) in [6, 6.07) is 6.91. The topological polar surface area (TPSA) is 81.4 Å². The lowest BCUT2D eigenvalue weighted by molar-refractivity contribution is -0.120. The molecule has 1 aromatic rings. The summed E-state index contributed by atoms with van der Waals surface area (Å²) in [6.07, 6.45) is 1.89. The van der Waals surface area contributed by atoms with Crippen LogP contribution in [0.2, 0.25) is 0 Å². The van der Waals surface area contributed by atoms with Gasteiger partial charge in [-0.05, 0) is 11.6 Å². The van der Waals surface area contributed by atoms with Crippen LogP contribution in [0, 0.1) is 6.42 Å². The summed E-state index contributed by atoms with van der Waals surface area (Å²) in [5.74, 6) is -0.618. The highest BCUT2D eigenvalue weighted by Gasteiger charge is 2.09. The van der Waals surface area contributed by atoms with Gasteiger partial charge in [-0.15, -0.1) is 0 Å². The Hall–Kier alpha value is -1.88. The highest BCUT2D eigenvalue weighted by atomic mass is 16.5. The second-order valence-corrected chi connectivity index (χ2v) is 3.70. The van der Waals surface area contributed by atoms with Crippen LogP contribution in [-0.2, 0) is 9.53 Å². The number of nitrogens with two attached hydrogens (primary N) is 1. The van der Waals surface area contributed by atoms with E-state index >= 15 is 0 Å². The number of ether oxygens (including phenoxy) is 1. The molecule has 5 nitrogen and oxygen atoms in total. The zero-order valence-electron chi connectivity index (χ0n) is 10.3. The van der Waals surface area contributed by atoms with Gasteiger partial charge in [0.25, 0.3) is 0 Å². The molecule has 0 atom stereocenters. The summed E-state index contributed by atoms with van der Waals surface area (Å²) in [6.45, 7) is 0.949. The molecule has 0 saturated heterocycles. The maximum atomic E-state index is 11.5. The summed E-state index contributed by atoms with van der Waals surface area (Å²) in [5, 5.41) is 2.69. The van der Waals surface area contributed by atoms with E-state index in [9.17, 15) is 9.59 Å². The molecule has 0 aliphatic rings. The molecule has 0 bridgehead atoms. The van der Waals surface area contributed by atoms with Gasteiger partial charge in [-0.2, -0.15) is 0 Å². The first-order valence-corrected chi connectivity index (χ1v) is 5.63. The highest BCUT2D eigenvalue weighted by Crippen LogP contribution is 2.12. The molecular weight excluding hydrogens is 232 g/mol. The third-order valence-corrected chi connectivity index (χ3v) is 2.36. The number of rotatable bonds is 7. The Morgan fingerprint density at radius 2 is 2.11 bits per heavy atom. The summed E-state index contributed by atoms with van der Waals surface area (Å²) in [7, 11) is 1.57. The summed E-state index contributed by atoms with van der Waals surface area (Å²) in [5.41, 5.74) is 6.33. The number of nitrogens with one attached hydrogen (secondary N) is 1. The maximum absolute atomic E-state index is 11.5. The van der Waals surface area contributed by atoms with Crippen molar-refractivity contribution in [1.82, 2.24) is 5.32 Å². The molecule has 1 radical (unpaired) electrons. The van der Waals surface area contributed by atoms with Gasteiger partial charge >= 0.3 is 0 Å². The Balaban J connectivity index is 2.48. The van der Waals surface area contributed by atoms with E-state index in [2.05, 4.69) is 5.32 Å². The molecule has 0 unspecified atom stereocenters. The Morgan fingerprint density at radius 1 is 1.39 bits per heavy atom. The lowest BCUT2D eigenvalue weighted by Crippen LogP contribution is -2.27. The Kier molecular flexibility index (Phi) is 5.87. The van der Waals surface area contributed by atoms with Crippen LogP contribution in [-0.4, -0.2) is 32.1 Å². The molecule has 0 spiro atoms. The van der Waals surface area contributed by atoms with Gasteiger partial charge in [-0.3, -0.25) is 9.59 Å². The zero-order valence-corrected chi connectivity index (χ0v) is 10.3. The van der Waals surface area contributed by atoms with Crippen LogP contribution in [0.4, 0.5) is 0 Å². The second-order valence-electron chi connectivity index (χ2n) is 3.70. The van der Waals surface area contributed by atoms with Gasteiger partial charge in [-0.25, -0.2) is 0 Å². The van der Waals surface area contributed by atoms with E-state index in [4.69, 9.17) is 10.5 Å². The third-order valence-electron chi connectivity index (χ3n) is 2.36. The fourth-order valence-corrected chi connectivity index (χ4v) is 1.47. The number of carbonyl (C=O) groups is 2. The van der Waals surface area contributed by atoms with Crippen LogP contribution in [0.25, 0.3) is 0 Å². The van der Waals surface area contributed by atoms with Gasteiger partial charge in [0, 0.05) is 32.1 Å². The van der Waals surface area contributed by atoms with Crippen molar-refractivity contribution in [3.8, 4) is 0 Å². The molecule has 1 rings (SSSR count). The first kappa shape index (κ1) is 14.2. The fraction of sp³-hybridized carbons (Fsp3) is 0.308. The van der Waals surface area contributed by atoms with E-state index in [1.807, 2.05) is 0 Å². The quantitative estimate of drug-likeness (QED) is 0.690. The number of hydrogen-bond acceptors (Lipinski definition) is 3. The number of carbonyl (C=O) groups excluding carboxylic acids is 2. The van der Waals surface area contributed by atoms with E-state index in [0.717, 1.165) is 0 Å². The second kappa shape index (κ2) is 7.45. The van der Waals surface area contributed by atoms with Gasteiger partial charge in [0.15, 0.2) is 0 Å². The zero-order chi connectivity index (χ0) is 13.4. The molecule has 0 heterocycles. The van der Waals surface area contributed by atoms with Crippen molar-refractivity contribution in [2.45, 2.75) is 6.42 Å². The van der Waals surface area contributed by atoms with Gasteiger partial charge in [0.1, 0.15) is 0 Å². The minimum Gasteiger partial charge on any atom is -0.383 e. The molecule has 0 aliphatic heterocycles. The number of amides is 2. The average Bonchev–Trinajstić information content (AvgIpc) is 2.37. The van der Waals surface area contributed by atoms with E-state index in [0.29, 0.717) is 24.3 Å². The average molecular weight is 249 g/mol. The lowest BCUT2D eigenvalue weighted by Gasteiger charge is -2.07. The summed E-state index contributed by atoms with van der Waals surface area (Å²) in [4.78, 5) is 22.6. The number of primary amides is 1. The van der Waals surface area contributed by atoms with Crippen molar-refractivity contribution in [3.05, 3.63) is 41.8 Å². The lowest BCUT2D eigenvalue weighted by atomic mass is 10.0. The molecule has 1 aromatic carbocycles. The van der Waals surface area contributed by atoms with Crippen LogP contribution >= 0.6 is 0 Å². The van der Waals surface area contributed by atoms with Gasteiger partial charge in [-0.1, -0.05) is 18.2 Å². The largest absolute Gasteiger partial charge is 0.383 e. The summed E-state index contributed by atoms with van der Waals surface area (Å²) < 4.78 is 4.82. The maximum Gasteiger partial charge on any atom is 0.248 e. The van der Waals surface area contributed by atoms with Gasteiger partial charge < -0.3 is 15.8 Å². The molecule has 0 saturated carbocycles. The van der Waals surface area contributed by atoms with Crippen molar-refractivity contribution in [1.29, 1.82) is 0 Å². The third kappa shape index (κ3) is 4.55. The van der Waals surface area contributed by atoms with E-state index in [1.54, 1.807) is 37.8 Å². The molecule has 18 heavy (non-hydrogen) atoms. The van der Waals surface area contributed by atoms with Crippen LogP contribution in [0.15, 0.2) is 24.3 Å². The first-order chi connectivity index (χ1) is 8.65. The van der Waals surface area contributed by atoms with Crippen LogP contribution in [0.3, 0.4) is 0 Å². The standard InChI is InChI=1S/C13H17N2O3/c1-18-9-8-15-12(16)7-6-10-4-2-3-5-11(10)13(14)17/h2-6H,7-9H2,1H3,(H2,14,17)(H,15,16). The molecule has 2 amide bonds. The van der Waals surface area contributed by atoms with Crippen molar-refractivity contribution < 1.29 is 14.3 Å². The fourth-order valence-electron chi connectivity index (χ4n) is 1.47. The normalized spacial score (nSPS) is 10.1. The van der Waals surface area contributed by atoms with Crippen molar-refractivity contribution >= 4 is 11.8 Å². The van der Waals surface area contributed by atoms with Crippen molar-refractivity contribution in [3.63, 3.8) is 0 Å². The predicted molar refractivity (Wildman–Crippen MR) is 67.9 cm³/mol. The van der Waals surface area contributed by atoms with Crippen molar-refractivity contribution in [2.75, 3.05) is 20.3 Å². The minimum absolute atomic E-state index is 0.119. The monoisotopic (exact) mass is 249 g/mol. The van der Waals surface area contributed by atoms with E-state index in [1.165, 1.54) is 0 Å². The van der Waals surface area contributed by atoms with E-state index < -0.39 is 5.91 Å². The number of benzene rings is 1. The number of hydrogen-bond donors (Lipinski definition) is 2. The highest BCUT2D eigenvalue weighted by molar-refractivity contribution is 5.95. The number of methoxy groups -OCH3 is 1. The van der Waals surface area contributed by atoms with Crippen LogP contribution < -0.4 is 11.1 Å². The minimum atomic E-state index is -0.498. The first-order valence-electron chi connectivity index (χ1n) is 5.63. The van der Waals surface area contributed by atoms with Gasteiger partial charge in [0.05, 0.1) is 6.61 Å². The molecule has 0 fully saturated rings. The van der Waals surface area contributed by atoms with Crippen LogP contribution in [0.5, 0.6) is 0 Å².